The van der Waals surface area contributed by atoms with Crippen LogP contribution < -0.4 is 5.32 Å². The van der Waals surface area contributed by atoms with Gasteiger partial charge in [0.05, 0.1) is 37.5 Å². The molecule has 15 heteroatoms. The zero-order valence-electron chi connectivity index (χ0n) is 32.5. The first-order chi connectivity index (χ1) is 29.2. The molecular formula is C45H42N6O8S. The van der Waals surface area contributed by atoms with Crippen LogP contribution in [0.2, 0.25) is 0 Å². The number of carbonyl (C=O) groups is 3. The van der Waals surface area contributed by atoms with Crippen molar-refractivity contribution in [1.82, 2.24) is 30.4 Å². The number of aliphatic hydroxyl groups is 1. The van der Waals surface area contributed by atoms with Gasteiger partial charge in [0.2, 0.25) is 11.1 Å². The average Bonchev–Trinajstić information content (AvgIpc) is 3.86. The molecule has 0 saturated carbocycles. The number of phenols is 1. The molecule has 6 aromatic rings. The van der Waals surface area contributed by atoms with Gasteiger partial charge in [-0.3, -0.25) is 14.5 Å². The first-order valence-electron chi connectivity index (χ1n) is 19.4. The van der Waals surface area contributed by atoms with Gasteiger partial charge in [-0.1, -0.05) is 116 Å². The second kappa shape index (κ2) is 18.3. The van der Waals surface area contributed by atoms with Crippen LogP contribution >= 0.6 is 11.8 Å². The van der Waals surface area contributed by atoms with E-state index in [0.717, 1.165) is 38.9 Å². The lowest BCUT2D eigenvalue weighted by molar-refractivity contribution is -0.268. The number of tetrazole rings is 1. The monoisotopic (exact) mass is 826 g/mol. The molecule has 14 nitrogen and oxygen atoms in total. The summed E-state index contributed by atoms with van der Waals surface area (Å²) in [7, 11) is 0. The Morgan fingerprint density at radius 2 is 1.58 bits per heavy atom. The predicted octanol–water partition coefficient (Wildman–Crippen LogP) is 6.66. The van der Waals surface area contributed by atoms with E-state index in [1.807, 2.05) is 103 Å². The summed E-state index contributed by atoms with van der Waals surface area (Å²) in [6.45, 7) is 2.14. The standard InChI is InChI=1S/C45H42N6O8S/c1-28-39(27-60-44-47-48-49-51(44)36-18-20-37(53)21-19-36)58-43(59-41(28)33-12-10-29(25-52)11-13-33)34-16-14-32(15-17-34)35-9-5-8-31(22-35)24-50-40(54)23-38(42(50)55)46-45(56)57-26-30-6-3-2-4-7-30/h2-22,28,38-39,41,43,52-53H,23-27H2,1H3,(H,46,56)/t28-,38?,39+,41+,43+/m0/s1. The lowest BCUT2D eigenvalue weighted by Gasteiger charge is -2.41. The van der Waals surface area contributed by atoms with E-state index in [2.05, 4.69) is 27.8 Å². The number of nitrogens with one attached hydrogen (secondary N) is 1. The van der Waals surface area contributed by atoms with Gasteiger partial charge in [-0.15, -0.1) is 5.10 Å². The number of nitrogens with zero attached hydrogens (tertiary/aromatic N) is 5. The van der Waals surface area contributed by atoms with Crippen LogP contribution in [0.5, 0.6) is 5.75 Å². The second-order valence-electron chi connectivity index (χ2n) is 14.6. The van der Waals surface area contributed by atoms with Crippen LogP contribution in [0.15, 0.2) is 133 Å². The molecule has 0 bridgehead atoms. The Labute approximate surface area is 350 Å². The smallest absolute Gasteiger partial charge is 0.408 e. The van der Waals surface area contributed by atoms with Gasteiger partial charge in [0, 0.05) is 17.2 Å². The SMILES string of the molecule is C[C@H]1[C@@H](CSc2nnnn2-c2ccc(O)cc2)O[C@@H](c2ccc(-c3cccc(CN4C(=O)CC(NC(=O)OCc5ccccc5)C4=O)c3)cc2)O[C@H]1c1ccc(CO)cc1. The fraction of sp³-hybridized carbons (Fsp3) is 0.244. The zero-order valence-corrected chi connectivity index (χ0v) is 33.4. The summed E-state index contributed by atoms with van der Waals surface area (Å²) in [6.07, 6.45) is -2.20. The van der Waals surface area contributed by atoms with Crippen molar-refractivity contribution >= 4 is 29.7 Å². The van der Waals surface area contributed by atoms with Gasteiger partial charge in [-0.05, 0) is 74.1 Å². The van der Waals surface area contributed by atoms with Crippen LogP contribution in [-0.4, -0.2) is 71.1 Å². The van der Waals surface area contributed by atoms with Crippen molar-refractivity contribution in [2.24, 2.45) is 5.92 Å². The molecule has 1 unspecified atom stereocenters. The van der Waals surface area contributed by atoms with Crippen LogP contribution in [0.1, 0.15) is 53.6 Å². The maximum absolute atomic E-state index is 13.2. The third kappa shape index (κ3) is 9.24. The highest BCUT2D eigenvalue weighted by atomic mass is 32.2. The number of benzene rings is 5. The lowest BCUT2D eigenvalue weighted by Crippen LogP contribution is -2.41. The molecule has 2 fully saturated rings. The van der Waals surface area contributed by atoms with E-state index >= 15 is 0 Å². The number of amides is 3. The number of hydrogen-bond acceptors (Lipinski definition) is 12. The van der Waals surface area contributed by atoms with Gasteiger partial charge >= 0.3 is 6.09 Å². The van der Waals surface area contributed by atoms with Crippen LogP contribution in [0.4, 0.5) is 4.79 Å². The van der Waals surface area contributed by atoms with Crippen LogP contribution in [-0.2, 0) is 43.6 Å². The number of aliphatic hydroxyl groups excluding tert-OH is 1. The molecule has 60 heavy (non-hydrogen) atoms. The van der Waals surface area contributed by atoms with Gasteiger partial charge in [0.1, 0.15) is 18.4 Å². The highest BCUT2D eigenvalue weighted by Gasteiger charge is 2.40. The minimum absolute atomic E-state index is 0.0488. The summed E-state index contributed by atoms with van der Waals surface area (Å²) in [5.74, 6) is -0.258. The van der Waals surface area contributed by atoms with E-state index in [0.29, 0.717) is 16.6 Å². The van der Waals surface area contributed by atoms with Crippen molar-refractivity contribution in [2.75, 3.05) is 5.75 Å². The molecule has 2 aliphatic heterocycles. The van der Waals surface area contributed by atoms with Crippen LogP contribution in [0, 0.1) is 5.92 Å². The van der Waals surface area contributed by atoms with E-state index in [9.17, 15) is 24.6 Å². The molecule has 2 aliphatic rings. The maximum Gasteiger partial charge on any atom is 0.408 e. The molecule has 3 amide bonds. The van der Waals surface area contributed by atoms with Crippen molar-refractivity contribution in [3.8, 4) is 22.6 Å². The van der Waals surface area contributed by atoms with E-state index in [1.165, 1.54) is 16.7 Å². The van der Waals surface area contributed by atoms with Crippen molar-refractivity contribution < 1.29 is 38.8 Å². The number of likely N-dealkylation sites (tertiary alicyclic amines) is 1. The quantitative estimate of drug-likeness (QED) is 0.0834. The number of thioether (sulfide) groups is 1. The largest absolute Gasteiger partial charge is 0.508 e. The number of rotatable bonds is 13. The fourth-order valence-electron chi connectivity index (χ4n) is 7.22. The number of carbonyl (C=O) groups excluding carboxylic acids is 3. The fourth-order valence-corrected chi connectivity index (χ4v) is 8.28. The van der Waals surface area contributed by atoms with Crippen molar-refractivity contribution in [1.29, 1.82) is 0 Å². The summed E-state index contributed by atoms with van der Waals surface area (Å²) in [5.41, 5.74) is 6.66. The summed E-state index contributed by atoms with van der Waals surface area (Å²) in [4.78, 5) is 39.8. The highest BCUT2D eigenvalue weighted by Crippen LogP contribution is 2.43. The second-order valence-corrected chi connectivity index (χ2v) is 15.6. The maximum atomic E-state index is 13.2. The van der Waals surface area contributed by atoms with E-state index < -0.39 is 24.3 Å². The normalized spacial score (nSPS) is 20.3. The molecule has 0 radical (unpaired) electrons. The lowest BCUT2D eigenvalue weighted by atomic mass is 9.91. The van der Waals surface area contributed by atoms with E-state index in [4.69, 9.17) is 14.2 Å². The summed E-state index contributed by atoms with van der Waals surface area (Å²) >= 11 is 1.46. The topological polar surface area (TPSA) is 178 Å². The van der Waals surface area contributed by atoms with Crippen LogP contribution in [0.25, 0.3) is 16.8 Å². The molecule has 3 N–H and O–H groups in total. The van der Waals surface area contributed by atoms with E-state index in [-0.39, 0.29) is 56.0 Å². The van der Waals surface area contributed by atoms with Crippen molar-refractivity contribution in [3.05, 3.63) is 155 Å². The number of alkyl carbamates (subject to hydrolysis) is 1. The number of phenolic OH excluding ortho intramolecular Hbond substituents is 1. The molecule has 306 valence electrons. The number of aromatic hydroxyl groups is 1. The van der Waals surface area contributed by atoms with Crippen molar-refractivity contribution in [2.45, 2.75) is 62.8 Å². The van der Waals surface area contributed by atoms with Gasteiger partial charge in [-0.2, -0.15) is 4.68 Å². The minimum Gasteiger partial charge on any atom is -0.508 e. The zero-order chi connectivity index (χ0) is 41.6. The molecular weight excluding hydrogens is 785 g/mol. The van der Waals surface area contributed by atoms with Gasteiger partial charge in [0.15, 0.2) is 6.29 Å². The molecule has 2 saturated heterocycles. The Hall–Kier alpha value is -6.39. The first kappa shape index (κ1) is 40.4. The third-order valence-electron chi connectivity index (χ3n) is 10.6. The molecule has 1 aromatic heterocycles. The molecule has 0 spiro atoms. The van der Waals surface area contributed by atoms with Crippen LogP contribution in [0.3, 0.4) is 0 Å². The van der Waals surface area contributed by atoms with Gasteiger partial charge < -0.3 is 29.7 Å². The first-order valence-corrected chi connectivity index (χ1v) is 20.4. The Balaban J connectivity index is 0.944. The van der Waals surface area contributed by atoms with Gasteiger partial charge in [0.25, 0.3) is 5.91 Å². The molecule has 5 atom stereocenters. The molecule has 5 aromatic carbocycles. The predicted molar refractivity (Wildman–Crippen MR) is 220 cm³/mol. The Morgan fingerprint density at radius 3 is 2.33 bits per heavy atom. The number of aromatic nitrogens is 4. The summed E-state index contributed by atoms with van der Waals surface area (Å²) in [5, 5.41) is 34.8. The third-order valence-corrected chi connectivity index (χ3v) is 11.6. The number of ether oxygens (including phenoxy) is 3. The number of hydrogen-bond donors (Lipinski definition) is 3. The van der Waals surface area contributed by atoms with E-state index in [1.54, 1.807) is 28.9 Å². The highest BCUT2D eigenvalue weighted by molar-refractivity contribution is 7.99. The molecule has 8 rings (SSSR count). The average molecular weight is 827 g/mol. The summed E-state index contributed by atoms with van der Waals surface area (Å²) < 4.78 is 20.2. The minimum atomic E-state index is -0.996. The Morgan fingerprint density at radius 1 is 0.850 bits per heavy atom. The number of imide groups is 1. The molecule has 0 aliphatic carbocycles. The van der Waals surface area contributed by atoms with Crippen molar-refractivity contribution in [3.63, 3.8) is 0 Å². The molecule has 3 heterocycles. The summed E-state index contributed by atoms with van der Waals surface area (Å²) in [6, 6.07) is 38.1. The van der Waals surface area contributed by atoms with Gasteiger partial charge in [-0.25, -0.2) is 4.79 Å². The Bertz CT molecular complexity index is 2430. The Kier molecular flexibility index (Phi) is 12.3.